The molecule has 1 unspecified atom stereocenters. The van der Waals surface area contributed by atoms with Crippen LogP contribution in [0.5, 0.6) is 0 Å². The molecular formula is C29H21ClN5O5S+. The summed E-state index contributed by atoms with van der Waals surface area (Å²) in [4.78, 5) is 35.5. The lowest BCUT2D eigenvalue weighted by atomic mass is 10.1. The first-order chi connectivity index (χ1) is 19.7. The van der Waals surface area contributed by atoms with E-state index in [4.69, 9.17) is 21.4 Å². The Balaban J connectivity index is 1.36. The van der Waals surface area contributed by atoms with Crippen molar-refractivity contribution >= 4 is 49.9 Å². The number of aryl methyl sites for hydroxylation is 1. The Morgan fingerprint density at radius 3 is 2.29 bits per heavy atom. The molecule has 0 fully saturated rings. The summed E-state index contributed by atoms with van der Waals surface area (Å²) in [6.07, 6.45) is 0. The summed E-state index contributed by atoms with van der Waals surface area (Å²) in [5, 5.41) is 2.89. The number of nitrogens with zero attached hydrogens (tertiary/aromatic N) is 4. The molecule has 0 saturated heterocycles. The molecule has 10 nitrogen and oxygen atoms in total. The number of aromatic nitrogens is 2. The van der Waals surface area contributed by atoms with Crippen molar-refractivity contribution in [2.75, 3.05) is 4.72 Å². The third-order valence-corrected chi connectivity index (χ3v) is 8.25. The van der Waals surface area contributed by atoms with Gasteiger partial charge in [0.25, 0.3) is 5.56 Å². The number of fused-ring (bicyclic) bond motifs is 1. The third kappa shape index (κ3) is 4.96. The van der Waals surface area contributed by atoms with Crippen LogP contribution in [-0.2, 0) is 19.7 Å². The lowest BCUT2D eigenvalue weighted by molar-refractivity contribution is -0.518. The van der Waals surface area contributed by atoms with E-state index in [1.165, 1.54) is 16.7 Å². The van der Waals surface area contributed by atoms with Crippen molar-refractivity contribution in [1.29, 1.82) is 0 Å². The topological polar surface area (TPSA) is 123 Å². The molecule has 5 aromatic rings. The standard InChI is InChI=1S/C29H21ClN5O5S/c1-18-6-14-23(15-7-18)35-28(29(37)40-33-35)41(38,39)32-21-12-16-22(17-13-21)34-26(19-8-10-20(30)11-9-19)31-25-5-3-2-4-24(25)27(34)36/h2-17,28,32H,1H3/q+1. The van der Waals surface area contributed by atoms with Gasteiger partial charge in [-0.1, -0.05) is 41.4 Å². The van der Waals surface area contributed by atoms with Crippen LogP contribution in [0.4, 0.5) is 11.4 Å². The van der Waals surface area contributed by atoms with Crippen LogP contribution in [-0.4, -0.2) is 34.0 Å². The number of hydrogen-bond donors (Lipinski definition) is 1. The van der Waals surface area contributed by atoms with E-state index in [9.17, 15) is 18.0 Å². The molecule has 1 N–H and O–H groups in total. The highest BCUT2D eigenvalue weighted by molar-refractivity contribution is 7.93. The first-order valence-corrected chi connectivity index (χ1v) is 14.3. The van der Waals surface area contributed by atoms with Crippen LogP contribution < -0.4 is 10.3 Å². The zero-order valence-corrected chi connectivity index (χ0v) is 23.0. The number of hydrogen-bond acceptors (Lipinski definition) is 7. The van der Waals surface area contributed by atoms with Gasteiger partial charge in [0.1, 0.15) is 5.82 Å². The van der Waals surface area contributed by atoms with Crippen LogP contribution in [0.25, 0.3) is 28.0 Å². The summed E-state index contributed by atoms with van der Waals surface area (Å²) in [7, 11) is -4.33. The number of carbonyl (C=O) groups is 1. The highest BCUT2D eigenvalue weighted by Gasteiger charge is 2.52. The van der Waals surface area contributed by atoms with E-state index in [-0.39, 0.29) is 11.2 Å². The maximum Gasteiger partial charge on any atom is 0.429 e. The molecule has 12 heteroatoms. The maximum absolute atomic E-state index is 13.6. The van der Waals surface area contributed by atoms with E-state index in [0.717, 1.165) is 10.3 Å². The van der Waals surface area contributed by atoms with E-state index in [0.29, 0.717) is 38.7 Å². The maximum atomic E-state index is 13.6. The van der Waals surface area contributed by atoms with Gasteiger partial charge in [0.15, 0.2) is 0 Å². The minimum atomic E-state index is -4.33. The van der Waals surface area contributed by atoms with Crippen LogP contribution in [0.15, 0.2) is 107 Å². The summed E-state index contributed by atoms with van der Waals surface area (Å²) in [5.74, 6) is -0.640. The molecule has 0 radical (unpaired) electrons. The van der Waals surface area contributed by atoms with Crippen LogP contribution in [0.3, 0.4) is 0 Å². The molecule has 0 saturated carbocycles. The average molecular weight is 587 g/mol. The van der Waals surface area contributed by atoms with Gasteiger partial charge in [-0.2, -0.15) is 8.42 Å². The Bertz CT molecular complexity index is 2010. The van der Waals surface area contributed by atoms with Gasteiger partial charge in [-0.15, -0.1) is 0 Å². The molecule has 0 amide bonds. The van der Waals surface area contributed by atoms with Gasteiger partial charge < -0.3 is 0 Å². The monoisotopic (exact) mass is 586 g/mol. The molecule has 1 atom stereocenters. The van der Waals surface area contributed by atoms with Gasteiger partial charge >= 0.3 is 21.4 Å². The SMILES string of the molecule is Cc1ccc([N+]2=NOC(=O)C2S(=O)(=O)Nc2ccc(-n3c(-c4ccc(Cl)cc4)nc4ccccc4c3=O)cc2)cc1. The molecule has 41 heavy (non-hydrogen) atoms. The Morgan fingerprint density at radius 2 is 1.59 bits per heavy atom. The Kier molecular flexibility index (Phi) is 6.60. The summed E-state index contributed by atoms with van der Waals surface area (Å²) in [5.41, 5.74) is 2.88. The van der Waals surface area contributed by atoms with Gasteiger partial charge in [0.05, 0.1) is 16.6 Å². The van der Waals surface area contributed by atoms with Gasteiger partial charge in [-0.3, -0.25) is 18.9 Å². The summed E-state index contributed by atoms with van der Waals surface area (Å²) >= 11 is 6.08. The summed E-state index contributed by atoms with van der Waals surface area (Å²) < 4.78 is 31.5. The fraction of sp³-hybridized carbons (Fsp3) is 0.0690. The lowest BCUT2D eigenvalue weighted by Crippen LogP contribution is -2.38. The Hall–Kier alpha value is -4.87. The average Bonchev–Trinajstić information content (AvgIpc) is 3.36. The number of anilines is 1. The quantitative estimate of drug-likeness (QED) is 0.268. The van der Waals surface area contributed by atoms with Gasteiger partial charge in [0, 0.05) is 28.4 Å². The van der Waals surface area contributed by atoms with Crippen molar-refractivity contribution in [3.63, 3.8) is 0 Å². The Labute approximate surface area is 239 Å². The van der Waals surface area contributed by atoms with Crippen molar-refractivity contribution in [1.82, 2.24) is 9.55 Å². The van der Waals surface area contributed by atoms with Gasteiger partial charge in [-0.05, 0) is 72.3 Å². The number of benzene rings is 4. The molecule has 4 aromatic carbocycles. The minimum absolute atomic E-state index is 0.173. The fourth-order valence-electron chi connectivity index (χ4n) is 4.47. The largest absolute Gasteiger partial charge is 0.429 e. The lowest BCUT2D eigenvalue weighted by Gasteiger charge is -2.15. The molecule has 0 aliphatic carbocycles. The molecule has 0 bridgehead atoms. The van der Waals surface area contributed by atoms with Gasteiger partial charge in [-0.25, -0.2) is 9.78 Å². The van der Waals surface area contributed by atoms with Crippen molar-refractivity contribution in [3.8, 4) is 17.1 Å². The number of halogens is 1. The van der Waals surface area contributed by atoms with Crippen molar-refractivity contribution < 1.29 is 22.7 Å². The summed E-state index contributed by atoms with van der Waals surface area (Å²) in [6, 6.07) is 27.0. The van der Waals surface area contributed by atoms with Crippen LogP contribution in [0.1, 0.15) is 5.56 Å². The molecule has 2 heterocycles. The van der Waals surface area contributed by atoms with Crippen molar-refractivity contribution in [2.45, 2.75) is 12.3 Å². The normalized spacial score (nSPS) is 15.0. The number of sulfonamides is 1. The van der Waals surface area contributed by atoms with E-state index < -0.39 is 21.4 Å². The molecule has 6 rings (SSSR count). The zero-order chi connectivity index (χ0) is 28.7. The second-order valence-electron chi connectivity index (χ2n) is 9.32. The molecule has 204 valence electrons. The van der Waals surface area contributed by atoms with E-state index in [2.05, 4.69) is 10.00 Å². The number of nitrogens with one attached hydrogen (secondary N) is 1. The fourth-order valence-corrected chi connectivity index (χ4v) is 5.90. The molecule has 0 spiro atoms. The van der Waals surface area contributed by atoms with Crippen LogP contribution >= 0.6 is 11.6 Å². The molecular weight excluding hydrogens is 566 g/mol. The van der Waals surface area contributed by atoms with Crippen LogP contribution in [0, 0.1) is 6.92 Å². The minimum Gasteiger partial charge on any atom is -0.277 e. The molecule has 1 aliphatic rings. The second-order valence-corrected chi connectivity index (χ2v) is 11.5. The summed E-state index contributed by atoms with van der Waals surface area (Å²) in [6.45, 7) is 1.88. The van der Waals surface area contributed by atoms with Crippen molar-refractivity contribution in [2.24, 2.45) is 5.28 Å². The smallest absolute Gasteiger partial charge is 0.277 e. The van der Waals surface area contributed by atoms with E-state index in [1.54, 1.807) is 84.9 Å². The second kappa shape index (κ2) is 10.3. The predicted molar refractivity (Wildman–Crippen MR) is 154 cm³/mol. The van der Waals surface area contributed by atoms with Gasteiger partial charge in [0.2, 0.25) is 11.0 Å². The highest BCUT2D eigenvalue weighted by Crippen LogP contribution is 2.27. The van der Waals surface area contributed by atoms with E-state index >= 15 is 0 Å². The predicted octanol–water partition coefficient (Wildman–Crippen LogP) is 5.35. The highest BCUT2D eigenvalue weighted by atomic mass is 35.5. The number of para-hydroxylation sites is 1. The zero-order valence-electron chi connectivity index (χ0n) is 21.4. The molecule has 1 aromatic heterocycles. The first-order valence-electron chi connectivity index (χ1n) is 12.4. The number of rotatable bonds is 6. The molecule has 1 aliphatic heterocycles. The Morgan fingerprint density at radius 1 is 0.902 bits per heavy atom. The van der Waals surface area contributed by atoms with Crippen molar-refractivity contribution in [3.05, 3.63) is 118 Å². The first kappa shape index (κ1) is 26.4. The number of carbonyl (C=O) groups excluding carboxylic acids is 1. The van der Waals surface area contributed by atoms with Crippen LogP contribution in [0.2, 0.25) is 5.02 Å². The third-order valence-electron chi connectivity index (χ3n) is 6.50. The van der Waals surface area contributed by atoms with E-state index in [1.807, 2.05) is 6.92 Å².